The van der Waals surface area contributed by atoms with Gasteiger partial charge in [-0.15, -0.1) is 0 Å². The minimum absolute atomic E-state index is 0.127. The van der Waals surface area contributed by atoms with E-state index in [-0.39, 0.29) is 42.2 Å². The van der Waals surface area contributed by atoms with Crippen LogP contribution < -0.4 is 16.8 Å². The number of unbranched alkanes of at least 4 members (excludes halogenated alkanes) is 2. The number of nitrogens with two attached hydrogens (primary N) is 2. The van der Waals surface area contributed by atoms with Crippen LogP contribution in [0.3, 0.4) is 0 Å². The van der Waals surface area contributed by atoms with Gasteiger partial charge in [0.15, 0.2) is 23.8 Å². The van der Waals surface area contributed by atoms with Crippen molar-refractivity contribution in [1.82, 2.24) is 5.32 Å². The molecule has 58 heavy (non-hydrogen) atoms. The van der Waals surface area contributed by atoms with Crippen LogP contribution in [0.25, 0.3) is 0 Å². The molecule has 13 nitrogen and oxygen atoms in total. The van der Waals surface area contributed by atoms with Crippen molar-refractivity contribution >= 4 is 23.4 Å². The molecule has 1 amide bonds. The molecule has 9 atom stereocenters. The molecular weight excluding hydrogens is 741 g/mol. The van der Waals surface area contributed by atoms with Crippen LogP contribution in [0.2, 0.25) is 0 Å². The molecule has 2 rings (SSSR count). The third-order valence-corrected chi connectivity index (χ3v) is 9.92. The Morgan fingerprint density at radius 2 is 1.50 bits per heavy atom. The van der Waals surface area contributed by atoms with Gasteiger partial charge in [0.1, 0.15) is 30.5 Å². The number of aliphatic hydroxyl groups is 4. The molecule has 2 aliphatic rings. The van der Waals surface area contributed by atoms with E-state index in [1.807, 2.05) is 44.2 Å². The third-order valence-electron chi connectivity index (χ3n) is 9.92. The van der Waals surface area contributed by atoms with Crippen molar-refractivity contribution < 1.29 is 44.3 Å². The molecule has 322 valence electrons. The lowest BCUT2D eigenvalue weighted by atomic mass is 9.92. The lowest BCUT2D eigenvalue weighted by Gasteiger charge is -2.41. The Labute approximate surface area is 344 Å². The Bertz CT molecular complexity index is 1550. The number of aliphatic hydroxyl groups excluding tert-OH is 4. The zero-order chi connectivity index (χ0) is 43.0. The highest BCUT2D eigenvalue weighted by molar-refractivity contribution is 6.15. The highest BCUT2D eigenvalue weighted by atomic mass is 16.7. The molecule has 0 spiro atoms. The number of allylic oxidation sites excluding steroid dienone is 13. The molecule has 1 saturated heterocycles. The van der Waals surface area contributed by atoms with E-state index < -0.39 is 55.4 Å². The Balaban J connectivity index is 1.98. The summed E-state index contributed by atoms with van der Waals surface area (Å²) < 4.78 is 12.0. The molecule has 0 aromatic heterocycles. The second kappa shape index (κ2) is 27.4. The van der Waals surface area contributed by atoms with Gasteiger partial charge in [0.05, 0.1) is 12.7 Å². The van der Waals surface area contributed by atoms with Gasteiger partial charge in [-0.3, -0.25) is 19.4 Å². The molecule has 0 bridgehead atoms. The van der Waals surface area contributed by atoms with Crippen molar-refractivity contribution in [3.63, 3.8) is 0 Å². The molecular formula is C45H68N4O9. The summed E-state index contributed by atoms with van der Waals surface area (Å²) in [4.78, 5) is 39.9. The molecule has 1 aliphatic carbocycles. The van der Waals surface area contributed by atoms with E-state index >= 15 is 0 Å². The summed E-state index contributed by atoms with van der Waals surface area (Å²) in [5.41, 5.74) is 12.0. The highest BCUT2D eigenvalue weighted by Gasteiger charge is 2.45. The molecule has 0 aromatic rings. The van der Waals surface area contributed by atoms with Crippen molar-refractivity contribution in [2.75, 3.05) is 13.2 Å². The van der Waals surface area contributed by atoms with Gasteiger partial charge in [0.25, 0.3) is 0 Å². The molecule has 1 heterocycles. The zero-order valence-electron chi connectivity index (χ0n) is 34.9. The lowest BCUT2D eigenvalue weighted by Crippen LogP contribution is -2.60. The molecule has 2 fully saturated rings. The van der Waals surface area contributed by atoms with Gasteiger partial charge in [0, 0.05) is 30.9 Å². The SMILES string of the molecule is CC(=CC=C/C=C/C=C/C=CC(C)C(OC1OC(CO)C(O)C(O)C1O)C(C)=CC(C)CCCC=CC(C)CC=CCCCN=C(N)N)C(=O)NC1C(=O)CCC1=O. The average Bonchev–Trinajstić information content (AvgIpc) is 3.50. The van der Waals surface area contributed by atoms with Gasteiger partial charge in [-0.05, 0) is 69.8 Å². The molecule has 9 unspecified atom stereocenters. The number of carbonyl (C=O) groups excluding carboxylic acids is 3. The molecule has 13 heteroatoms. The first-order valence-corrected chi connectivity index (χ1v) is 20.4. The number of nitrogens with one attached hydrogen (secondary N) is 1. The largest absolute Gasteiger partial charge is 0.394 e. The van der Waals surface area contributed by atoms with Crippen LogP contribution >= 0.6 is 0 Å². The summed E-state index contributed by atoms with van der Waals surface area (Å²) in [6.07, 6.45) is 25.8. The van der Waals surface area contributed by atoms with E-state index in [1.165, 1.54) is 0 Å². The van der Waals surface area contributed by atoms with Crippen LogP contribution in [0.5, 0.6) is 0 Å². The summed E-state index contributed by atoms with van der Waals surface area (Å²) >= 11 is 0. The van der Waals surface area contributed by atoms with Crippen LogP contribution in [0.15, 0.2) is 101 Å². The van der Waals surface area contributed by atoms with Crippen LogP contribution in [-0.2, 0) is 23.9 Å². The Morgan fingerprint density at radius 3 is 2.16 bits per heavy atom. The van der Waals surface area contributed by atoms with Gasteiger partial charge in [0.2, 0.25) is 5.91 Å². The van der Waals surface area contributed by atoms with Crippen LogP contribution in [0.1, 0.15) is 86.0 Å². The van der Waals surface area contributed by atoms with Crippen LogP contribution in [-0.4, -0.2) is 99.9 Å². The van der Waals surface area contributed by atoms with Gasteiger partial charge in [-0.2, -0.15) is 0 Å². The molecule has 0 radical (unpaired) electrons. The maximum absolute atomic E-state index is 12.3. The first-order valence-electron chi connectivity index (χ1n) is 20.4. The van der Waals surface area contributed by atoms with Gasteiger partial charge < -0.3 is 46.7 Å². The normalized spacial score (nSPS) is 24.9. The molecule has 1 aliphatic heterocycles. The minimum atomic E-state index is -1.55. The van der Waals surface area contributed by atoms with Crippen molar-refractivity contribution in [3.05, 3.63) is 96.2 Å². The number of ketones is 2. The molecule has 0 aromatic carbocycles. The van der Waals surface area contributed by atoms with E-state index in [4.69, 9.17) is 20.9 Å². The third kappa shape index (κ3) is 18.6. The summed E-state index contributed by atoms with van der Waals surface area (Å²) in [7, 11) is 0. The topological polar surface area (TPSA) is 227 Å². The second-order valence-electron chi connectivity index (χ2n) is 15.2. The lowest BCUT2D eigenvalue weighted by molar-refractivity contribution is -0.310. The second-order valence-corrected chi connectivity index (χ2v) is 15.2. The number of rotatable bonds is 24. The van der Waals surface area contributed by atoms with Crippen molar-refractivity contribution in [1.29, 1.82) is 0 Å². The van der Waals surface area contributed by atoms with E-state index in [1.54, 1.807) is 31.2 Å². The monoisotopic (exact) mass is 808 g/mol. The van der Waals surface area contributed by atoms with Crippen molar-refractivity contribution in [3.8, 4) is 0 Å². The van der Waals surface area contributed by atoms with Crippen molar-refractivity contribution in [2.45, 2.75) is 129 Å². The van der Waals surface area contributed by atoms with Gasteiger partial charge >= 0.3 is 0 Å². The van der Waals surface area contributed by atoms with Crippen molar-refractivity contribution in [2.24, 2.45) is 34.2 Å². The Morgan fingerprint density at radius 1 is 0.862 bits per heavy atom. The molecule has 9 N–H and O–H groups in total. The first-order chi connectivity index (χ1) is 27.7. The van der Waals surface area contributed by atoms with Crippen LogP contribution in [0, 0.1) is 17.8 Å². The zero-order valence-corrected chi connectivity index (χ0v) is 34.9. The number of carbonyl (C=O) groups is 3. The number of aliphatic imine (C=N–C) groups is 1. The summed E-state index contributed by atoms with van der Waals surface area (Å²) in [6.45, 7) is 9.97. The fraction of sp³-hybridized carbons (Fsp3) is 0.556. The number of Topliss-reactive ketones (excluding diaryl/α,β-unsaturated/α-hetero) is 2. The number of hydrogen-bond donors (Lipinski definition) is 7. The Kier molecular flexibility index (Phi) is 23.6. The van der Waals surface area contributed by atoms with Gasteiger partial charge in [-0.1, -0.05) is 106 Å². The van der Waals surface area contributed by atoms with E-state index in [9.17, 15) is 34.8 Å². The average molecular weight is 809 g/mol. The standard InChI is InChI=1S/C45H68N4O9/c1-30(20-14-11-12-19-27-48-45(46)47)21-15-13-16-22-31(2)28-34(5)42(58-44-41(55)40(54)39(53)37(29-50)57-44)32(3)23-17-9-7-6-8-10-18-24-33(4)43(56)49-38-35(51)25-26-36(38)52/h6-11,14-15,17-18,21,23-24,28,30-32,37-42,44,50,53-55H,12-13,16,19-20,22,25-27,29H2,1-5H3,(H,49,56)(H4,46,47,48)/b8-6+,9-7+,14-11?,18-10?,21-15?,23-17?,33-24?,34-28?. The maximum atomic E-state index is 12.3. The smallest absolute Gasteiger partial charge is 0.247 e. The summed E-state index contributed by atoms with van der Waals surface area (Å²) in [5, 5.41) is 43.6. The van der Waals surface area contributed by atoms with Gasteiger partial charge in [-0.25, -0.2) is 0 Å². The molecule has 1 saturated carbocycles. The number of ether oxygens (including phenoxy) is 2. The van der Waals surface area contributed by atoms with E-state index in [0.717, 1.165) is 44.1 Å². The Hall–Kier alpha value is -4.24. The van der Waals surface area contributed by atoms with E-state index in [0.29, 0.717) is 18.0 Å². The predicted octanol–water partition coefficient (Wildman–Crippen LogP) is 4.34. The fourth-order valence-corrected chi connectivity index (χ4v) is 6.47. The quantitative estimate of drug-likeness (QED) is 0.0138. The fourth-order valence-electron chi connectivity index (χ4n) is 6.47. The maximum Gasteiger partial charge on any atom is 0.247 e. The highest BCUT2D eigenvalue weighted by Crippen LogP contribution is 2.28. The summed E-state index contributed by atoms with van der Waals surface area (Å²) in [6, 6.07) is -1.04. The number of amides is 1. The first kappa shape index (κ1) is 49.9. The number of guanidine groups is 1. The predicted molar refractivity (Wildman–Crippen MR) is 228 cm³/mol. The summed E-state index contributed by atoms with van der Waals surface area (Å²) in [5.74, 6) is -0.379. The van der Waals surface area contributed by atoms with E-state index in [2.05, 4.69) is 54.5 Å². The number of nitrogens with zero attached hydrogens (tertiary/aromatic N) is 1. The number of hydrogen-bond acceptors (Lipinski definition) is 10. The minimum Gasteiger partial charge on any atom is -0.394 e. The van der Waals surface area contributed by atoms with Crippen LogP contribution in [0.4, 0.5) is 0 Å².